The number of methoxy groups -OCH3 is 2. The molecule has 2 aromatic heterocycles. The fourth-order valence-electron chi connectivity index (χ4n) is 4.48. The number of rotatable bonds is 9. The van der Waals surface area contributed by atoms with Crippen molar-refractivity contribution in [3.8, 4) is 22.8 Å². The molecule has 5 rings (SSSR count). The standard InChI is InChI=1S/C27H31N5O4S/c1-35-20-7-8-21(23(16-20)36-2)22-9-10-25(29-28-22)30-11-13-31(14-12-30)26(33)18-32(17-19-5-6-19)27(34)24-4-3-15-37-24/h3-4,7-10,15-16,19H,5-6,11-14,17-18H2,1-2H3. The van der Waals surface area contributed by atoms with Crippen LogP contribution in [0.3, 0.4) is 0 Å². The maximum atomic E-state index is 13.1. The first-order valence-electron chi connectivity index (χ1n) is 12.5. The maximum absolute atomic E-state index is 13.1. The van der Waals surface area contributed by atoms with Crippen molar-refractivity contribution in [2.24, 2.45) is 5.92 Å². The van der Waals surface area contributed by atoms with Gasteiger partial charge in [-0.1, -0.05) is 6.07 Å². The van der Waals surface area contributed by atoms with Crippen LogP contribution in [0, 0.1) is 5.92 Å². The molecule has 0 spiro atoms. The number of benzene rings is 1. The number of nitrogens with zero attached hydrogens (tertiary/aromatic N) is 5. The average Bonchev–Trinajstić information content (AvgIpc) is 3.60. The quantitative estimate of drug-likeness (QED) is 0.426. The predicted molar refractivity (Wildman–Crippen MR) is 142 cm³/mol. The topological polar surface area (TPSA) is 88.1 Å². The van der Waals surface area contributed by atoms with Crippen LogP contribution in [0.5, 0.6) is 11.5 Å². The van der Waals surface area contributed by atoms with Gasteiger partial charge in [0.25, 0.3) is 5.91 Å². The third-order valence-electron chi connectivity index (χ3n) is 6.81. The van der Waals surface area contributed by atoms with Gasteiger partial charge in [-0.25, -0.2) is 0 Å². The molecule has 2 fully saturated rings. The van der Waals surface area contributed by atoms with E-state index in [0.29, 0.717) is 60.7 Å². The first kappa shape index (κ1) is 25.0. The van der Waals surface area contributed by atoms with Crippen molar-refractivity contribution in [1.82, 2.24) is 20.0 Å². The van der Waals surface area contributed by atoms with Crippen LogP contribution >= 0.6 is 11.3 Å². The lowest BCUT2D eigenvalue weighted by Gasteiger charge is -2.36. The summed E-state index contributed by atoms with van der Waals surface area (Å²) in [6, 6.07) is 13.2. The van der Waals surface area contributed by atoms with Gasteiger partial charge in [-0.15, -0.1) is 21.5 Å². The molecule has 1 saturated heterocycles. The monoisotopic (exact) mass is 521 g/mol. The third kappa shape index (κ3) is 5.85. The molecule has 3 aromatic rings. The summed E-state index contributed by atoms with van der Waals surface area (Å²) in [5.74, 6) is 2.63. The number of ether oxygens (including phenoxy) is 2. The number of hydrogen-bond acceptors (Lipinski definition) is 8. The molecule has 0 bridgehead atoms. The molecule has 1 aliphatic heterocycles. The van der Waals surface area contributed by atoms with Crippen molar-refractivity contribution < 1.29 is 19.1 Å². The Kier molecular flexibility index (Phi) is 7.55. The molecule has 194 valence electrons. The summed E-state index contributed by atoms with van der Waals surface area (Å²) >= 11 is 1.42. The van der Waals surface area contributed by atoms with E-state index < -0.39 is 0 Å². The molecule has 10 heteroatoms. The van der Waals surface area contributed by atoms with Gasteiger partial charge in [0.15, 0.2) is 5.82 Å². The van der Waals surface area contributed by atoms with Crippen LogP contribution in [-0.4, -0.2) is 85.3 Å². The van der Waals surface area contributed by atoms with E-state index in [0.717, 1.165) is 24.2 Å². The summed E-state index contributed by atoms with van der Waals surface area (Å²) in [6.45, 7) is 3.27. The van der Waals surface area contributed by atoms with Crippen LogP contribution in [0.15, 0.2) is 47.8 Å². The van der Waals surface area contributed by atoms with E-state index in [1.54, 1.807) is 19.1 Å². The second-order valence-corrected chi connectivity index (χ2v) is 10.3. The second-order valence-electron chi connectivity index (χ2n) is 9.32. The van der Waals surface area contributed by atoms with Crippen molar-refractivity contribution in [3.05, 3.63) is 52.7 Å². The molecule has 0 atom stereocenters. The molecular weight excluding hydrogens is 490 g/mol. The molecule has 0 unspecified atom stereocenters. The second kappa shape index (κ2) is 11.2. The summed E-state index contributed by atoms with van der Waals surface area (Å²) in [5, 5.41) is 10.8. The van der Waals surface area contributed by atoms with E-state index in [9.17, 15) is 9.59 Å². The highest BCUT2D eigenvalue weighted by atomic mass is 32.1. The van der Waals surface area contributed by atoms with Crippen molar-refractivity contribution in [3.63, 3.8) is 0 Å². The highest BCUT2D eigenvalue weighted by Crippen LogP contribution is 2.33. The van der Waals surface area contributed by atoms with Crippen molar-refractivity contribution in [1.29, 1.82) is 0 Å². The van der Waals surface area contributed by atoms with E-state index in [1.165, 1.54) is 11.3 Å². The molecule has 37 heavy (non-hydrogen) atoms. The molecule has 1 aromatic carbocycles. The Balaban J connectivity index is 1.18. The molecule has 1 aliphatic carbocycles. The van der Waals surface area contributed by atoms with E-state index in [4.69, 9.17) is 9.47 Å². The Morgan fingerprint density at radius 2 is 1.84 bits per heavy atom. The number of carbonyl (C=O) groups is 2. The Morgan fingerprint density at radius 1 is 1.03 bits per heavy atom. The van der Waals surface area contributed by atoms with Gasteiger partial charge in [-0.2, -0.15) is 0 Å². The molecule has 2 aliphatic rings. The first-order valence-corrected chi connectivity index (χ1v) is 13.4. The lowest BCUT2D eigenvalue weighted by Crippen LogP contribution is -2.52. The van der Waals surface area contributed by atoms with Crippen LogP contribution in [0.1, 0.15) is 22.5 Å². The van der Waals surface area contributed by atoms with Crippen molar-refractivity contribution in [2.75, 3.05) is 58.4 Å². The Hall–Kier alpha value is -3.66. The van der Waals surface area contributed by atoms with Crippen molar-refractivity contribution >= 4 is 29.0 Å². The predicted octanol–water partition coefficient (Wildman–Crippen LogP) is 3.42. The summed E-state index contributed by atoms with van der Waals surface area (Å²) in [4.78, 5) is 32.5. The number of hydrogen-bond donors (Lipinski definition) is 0. The Labute approximate surface area is 220 Å². The zero-order valence-corrected chi connectivity index (χ0v) is 21.9. The SMILES string of the molecule is COc1ccc(-c2ccc(N3CCN(C(=O)CN(CC4CC4)C(=O)c4cccs4)CC3)nn2)c(OC)c1. The normalized spacial score (nSPS) is 15.4. The molecule has 1 saturated carbocycles. The summed E-state index contributed by atoms with van der Waals surface area (Å²) < 4.78 is 10.8. The highest BCUT2D eigenvalue weighted by Gasteiger charge is 2.31. The van der Waals surface area contributed by atoms with Crippen LogP contribution < -0.4 is 14.4 Å². The van der Waals surface area contributed by atoms with E-state index >= 15 is 0 Å². The van der Waals surface area contributed by atoms with Crippen LogP contribution in [0.2, 0.25) is 0 Å². The number of aromatic nitrogens is 2. The van der Waals surface area contributed by atoms with Gasteiger partial charge in [0.2, 0.25) is 5.91 Å². The third-order valence-corrected chi connectivity index (χ3v) is 7.67. The summed E-state index contributed by atoms with van der Waals surface area (Å²) in [5.41, 5.74) is 1.55. The zero-order valence-electron chi connectivity index (χ0n) is 21.1. The minimum Gasteiger partial charge on any atom is -0.497 e. The Morgan fingerprint density at radius 3 is 2.46 bits per heavy atom. The number of anilines is 1. The van der Waals surface area contributed by atoms with Gasteiger partial charge in [0, 0.05) is 44.4 Å². The molecule has 3 heterocycles. The lowest BCUT2D eigenvalue weighted by atomic mass is 10.1. The number of carbonyl (C=O) groups excluding carboxylic acids is 2. The molecule has 2 amide bonds. The highest BCUT2D eigenvalue weighted by molar-refractivity contribution is 7.12. The van der Waals surface area contributed by atoms with Crippen LogP contribution in [-0.2, 0) is 4.79 Å². The zero-order chi connectivity index (χ0) is 25.8. The summed E-state index contributed by atoms with van der Waals surface area (Å²) in [6.07, 6.45) is 2.26. The van der Waals surface area contributed by atoms with Crippen LogP contribution in [0.25, 0.3) is 11.3 Å². The largest absolute Gasteiger partial charge is 0.497 e. The molecule has 9 nitrogen and oxygen atoms in total. The molecule has 0 N–H and O–H groups in total. The van der Waals surface area contributed by atoms with Crippen LogP contribution in [0.4, 0.5) is 5.82 Å². The average molecular weight is 522 g/mol. The fraction of sp³-hybridized carbons (Fsp3) is 0.407. The van der Waals surface area contributed by atoms with Gasteiger partial charge in [0.05, 0.1) is 24.8 Å². The summed E-state index contributed by atoms with van der Waals surface area (Å²) in [7, 11) is 3.23. The van der Waals surface area contributed by atoms with Gasteiger partial charge in [-0.3, -0.25) is 9.59 Å². The first-order chi connectivity index (χ1) is 18.1. The number of piperazine rings is 1. The van der Waals surface area contributed by atoms with Crippen molar-refractivity contribution in [2.45, 2.75) is 12.8 Å². The number of thiophene rings is 1. The van der Waals surface area contributed by atoms with Gasteiger partial charge in [-0.05, 0) is 54.5 Å². The minimum atomic E-state index is -0.0438. The maximum Gasteiger partial charge on any atom is 0.264 e. The van der Waals surface area contributed by atoms with E-state index in [2.05, 4.69) is 15.1 Å². The van der Waals surface area contributed by atoms with E-state index in [1.807, 2.05) is 52.7 Å². The van der Waals surface area contributed by atoms with Gasteiger partial charge < -0.3 is 24.2 Å². The molecule has 0 radical (unpaired) electrons. The van der Waals surface area contributed by atoms with E-state index in [-0.39, 0.29) is 18.4 Å². The van der Waals surface area contributed by atoms with Gasteiger partial charge in [0.1, 0.15) is 18.0 Å². The lowest BCUT2D eigenvalue weighted by molar-refractivity contribution is -0.132. The number of amides is 2. The van der Waals surface area contributed by atoms with Gasteiger partial charge >= 0.3 is 0 Å². The molecular formula is C27H31N5O4S. The minimum absolute atomic E-state index is 0.00163. The smallest absolute Gasteiger partial charge is 0.264 e. The Bertz CT molecular complexity index is 1220. The fourth-order valence-corrected chi connectivity index (χ4v) is 5.17.